The Morgan fingerprint density at radius 3 is 2.14 bits per heavy atom. The van der Waals surface area contributed by atoms with Gasteiger partial charge in [0, 0.05) is 35.0 Å². The number of aromatic nitrogens is 2. The number of benzene rings is 2. The normalized spacial score (nSPS) is 16.5. The number of esters is 1. The van der Waals surface area contributed by atoms with E-state index in [0.29, 0.717) is 66.2 Å². The Bertz CT molecular complexity index is 1500. The number of hydrogen-bond donors (Lipinski definition) is 0. The number of carbonyl (C=O) groups is 1. The molecule has 2 atom stereocenters. The minimum absolute atomic E-state index is 0.122. The van der Waals surface area contributed by atoms with E-state index in [1.54, 1.807) is 34.6 Å². The number of nitrogens with zero attached hydrogens (tertiary/aromatic N) is 3. The molecule has 1 saturated carbocycles. The summed E-state index contributed by atoms with van der Waals surface area (Å²) in [5, 5.41) is 0. The van der Waals surface area contributed by atoms with Crippen molar-refractivity contribution in [3.63, 3.8) is 0 Å². The van der Waals surface area contributed by atoms with Crippen molar-refractivity contribution in [3.8, 4) is 23.0 Å². The second-order valence-electron chi connectivity index (χ2n) is 10.6. The Morgan fingerprint density at radius 2 is 1.56 bits per heavy atom. The first kappa shape index (κ1) is 30.0. The van der Waals surface area contributed by atoms with Gasteiger partial charge in [0.15, 0.2) is 5.58 Å². The van der Waals surface area contributed by atoms with Crippen LogP contribution >= 0.6 is 0 Å². The van der Waals surface area contributed by atoms with Gasteiger partial charge < -0.3 is 33.0 Å². The first-order valence-electron chi connectivity index (χ1n) is 14.6. The minimum Gasteiger partial charge on any atom is -0.497 e. The lowest BCUT2D eigenvalue weighted by Gasteiger charge is -2.27. The van der Waals surface area contributed by atoms with Gasteiger partial charge in [0.1, 0.15) is 28.5 Å². The van der Waals surface area contributed by atoms with Crippen molar-refractivity contribution in [2.24, 2.45) is 5.92 Å². The summed E-state index contributed by atoms with van der Waals surface area (Å²) < 4.78 is 34.1. The second kappa shape index (κ2) is 13.7. The SMILES string of the molecule is CCOC(=O)[C@@H]1CCCC(c2cncc3nc(N(Cc4ccc(OC)cc4OC)Cc4ccc(OC)cc4OC)oc23)C1. The van der Waals surface area contributed by atoms with E-state index in [0.717, 1.165) is 36.0 Å². The zero-order valence-corrected chi connectivity index (χ0v) is 25.4. The summed E-state index contributed by atoms with van der Waals surface area (Å²) in [5.41, 5.74) is 4.18. The lowest BCUT2D eigenvalue weighted by atomic mass is 9.78. The van der Waals surface area contributed by atoms with E-state index in [1.807, 2.05) is 54.4 Å². The third-order valence-corrected chi connectivity index (χ3v) is 8.03. The van der Waals surface area contributed by atoms with Gasteiger partial charge in [-0.05, 0) is 56.4 Å². The summed E-state index contributed by atoms with van der Waals surface area (Å²) in [4.78, 5) is 24.0. The number of hydrogen-bond acceptors (Lipinski definition) is 10. The molecule has 1 unspecified atom stereocenters. The monoisotopic (exact) mass is 589 g/mol. The lowest BCUT2D eigenvalue weighted by Crippen LogP contribution is -2.24. The molecule has 10 nitrogen and oxygen atoms in total. The lowest BCUT2D eigenvalue weighted by molar-refractivity contribution is -0.149. The van der Waals surface area contributed by atoms with E-state index in [9.17, 15) is 4.79 Å². The highest BCUT2D eigenvalue weighted by molar-refractivity contribution is 5.78. The van der Waals surface area contributed by atoms with Gasteiger partial charge in [-0.2, -0.15) is 4.98 Å². The average Bonchev–Trinajstić information content (AvgIpc) is 3.49. The zero-order chi connectivity index (χ0) is 30.3. The van der Waals surface area contributed by atoms with Crippen LogP contribution in [0.1, 0.15) is 55.2 Å². The van der Waals surface area contributed by atoms with Crippen molar-refractivity contribution in [1.82, 2.24) is 9.97 Å². The van der Waals surface area contributed by atoms with Crippen LogP contribution in [-0.2, 0) is 22.6 Å². The maximum atomic E-state index is 12.5. The van der Waals surface area contributed by atoms with Crippen LogP contribution in [0.3, 0.4) is 0 Å². The highest BCUT2D eigenvalue weighted by atomic mass is 16.5. The molecule has 1 fully saturated rings. The largest absolute Gasteiger partial charge is 0.497 e. The molecule has 0 spiro atoms. The van der Waals surface area contributed by atoms with E-state index in [-0.39, 0.29) is 17.8 Å². The molecule has 0 bridgehead atoms. The fraction of sp³-hybridized carbons (Fsp3) is 0.424. The Labute approximate surface area is 251 Å². The van der Waals surface area contributed by atoms with Gasteiger partial charge in [-0.15, -0.1) is 0 Å². The summed E-state index contributed by atoms with van der Waals surface area (Å²) in [6, 6.07) is 11.9. The second-order valence-corrected chi connectivity index (χ2v) is 10.6. The molecule has 0 N–H and O–H groups in total. The Balaban J connectivity index is 1.53. The molecule has 1 aliphatic carbocycles. The minimum atomic E-state index is -0.127. The fourth-order valence-electron chi connectivity index (χ4n) is 5.80. The molecule has 0 saturated heterocycles. The van der Waals surface area contributed by atoms with E-state index >= 15 is 0 Å². The molecule has 4 aromatic rings. The molecular formula is C33H39N3O7. The first-order valence-corrected chi connectivity index (χ1v) is 14.6. The Hall–Kier alpha value is -4.47. The maximum absolute atomic E-state index is 12.5. The molecule has 10 heteroatoms. The summed E-state index contributed by atoms with van der Waals surface area (Å²) in [6.07, 6.45) is 6.98. The van der Waals surface area contributed by atoms with Gasteiger partial charge in [0.2, 0.25) is 0 Å². The predicted octanol–water partition coefficient (Wildman–Crippen LogP) is 6.30. The third-order valence-electron chi connectivity index (χ3n) is 8.03. The van der Waals surface area contributed by atoms with E-state index in [4.69, 9.17) is 33.1 Å². The number of ether oxygens (including phenoxy) is 5. The van der Waals surface area contributed by atoms with Gasteiger partial charge in [-0.25, -0.2) is 0 Å². The third kappa shape index (κ3) is 6.63. The summed E-state index contributed by atoms with van der Waals surface area (Å²) in [5.74, 6) is 2.66. The molecule has 2 aromatic carbocycles. The zero-order valence-electron chi connectivity index (χ0n) is 25.4. The van der Waals surface area contributed by atoms with Crippen molar-refractivity contribution in [2.45, 2.75) is 51.6 Å². The molecule has 43 heavy (non-hydrogen) atoms. The number of oxazole rings is 1. The fourth-order valence-corrected chi connectivity index (χ4v) is 5.80. The van der Waals surface area contributed by atoms with Crippen LogP contribution in [0.4, 0.5) is 6.01 Å². The molecule has 2 aromatic heterocycles. The van der Waals surface area contributed by atoms with Crippen molar-refractivity contribution in [3.05, 3.63) is 65.5 Å². The van der Waals surface area contributed by atoms with Gasteiger partial charge in [0.25, 0.3) is 6.01 Å². The quantitative estimate of drug-likeness (QED) is 0.175. The highest BCUT2D eigenvalue weighted by Crippen LogP contribution is 2.40. The van der Waals surface area contributed by atoms with Crippen molar-refractivity contribution < 1.29 is 32.9 Å². The van der Waals surface area contributed by atoms with Gasteiger partial charge in [-0.3, -0.25) is 9.78 Å². The topological polar surface area (TPSA) is 105 Å². The number of anilines is 1. The number of rotatable bonds is 12. The van der Waals surface area contributed by atoms with E-state index < -0.39 is 0 Å². The number of pyridine rings is 1. The van der Waals surface area contributed by atoms with Gasteiger partial charge in [0.05, 0.1) is 60.3 Å². The molecule has 0 aliphatic heterocycles. The maximum Gasteiger partial charge on any atom is 0.308 e. The highest BCUT2D eigenvalue weighted by Gasteiger charge is 2.31. The van der Waals surface area contributed by atoms with Crippen LogP contribution < -0.4 is 23.8 Å². The van der Waals surface area contributed by atoms with Crippen molar-refractivity contribution >= 4 is 23.1 Å². The molecule has 5 rings (SSSR count). The molecule has 0 amide bonds. The first-order chi connectivity index (χ1) is 21.0. The number of carbonyl (C=O) groups excluding carboxylic acids is 1. The van der Waals surface area contributed by atoms with Gasteiger partial charge in [-0.1, -0.05) is 6.42 Å². The molecular weight excluding hydrogens is 550 g/mol. The van der Waals surface area contributed by atoms with Gasteiger partial charge >= 0.3 is 5.97 Å². The summed E-state index contributed by atoms with van der Waals surface area (Å²) in [7, 11) is 6.53. The molecule has 1 aliphatic rings. The van der Waals surface area contributed by atoms with Crippen LogP contribution in [0.5, 0.6) is 23.0 Å². The number of methoxy groups -OCH3 is 4. The van der Waals surface area contributed by atoms with Crippen molar-refractivity contribution in [2.75, 3.05) is 39.9 Å². The van der Waals surface area contributed by atoms with Crippen LogP contribution in [0.15, 0.2) is 53.2 Å². The van der Waals surface area contributed by atoms with Crippen LogP contribution in [0.25, 0.3) is 11.1 Å². The smallest absolute Gasteiger partial charge is 0.308 e. The van der Waals surface area contributed by atoms with Crippen LogP contribution in [0, 0.1) is 5.92 Å². The Kier molecular flexibility index (Phi) is 9.54. The van der Waals surface area contributed by atoms with Crippen LogP contribution in [0.2, 0.25) is 0 Å². The molecule has 228 valence electrons. The molecule has 0 radical (unpaired) electrons. The molecule has 2 heterocycles. The average molecular weight is 590 g/mol. The summed E-state index contributed by atoms with van der Waals surface area (Å²) >= 11 is 0. The Morgan fingerprint density at radius 1 is 0.907 bits per heavy atom. The number of fused-ring (bicyclic) bond motifs is 1. The van der Waals surface area contributed by atoms with E-state index in [1.165, 1.54) is 0 Å². The van der Waals surface area contributed by atoms with E-state index in [2.05, 4.69) is 4.98 Å². The summed E-state index contributed by atoms with van der Waals surface area (Å²) in [6.45, 7) is 3.10. The van der Waals surface area contributed by atoms with Crippen LogP contribution in [-0.4, -0.2) is 51.0 Å². The van der Waals surface area contributed by atoms with Crippen molar-refractivity contribution in [1.29, 1.82) is 0 Å². The standard InChI is InChI=1S/C33H39N3O7/c1-6-42-32(37)22-9-7-8-21(14-22)27-17-34-18-28-31(27)43-33(35-28)36(19-23-10-12-25(38-2)15-29(23)40-4)20-24-11-13-26(39-3)16-30(24)41-5/h10-13,15-18,21-22H,6-9,14,19-20H2,1-5H3/t21?,22-/m1/s1. The predicted molar refractivity (Wildman–Crippen MR) is 162 cm³/mol.